The summed E-state index contributed by atoms with van der Waals surface area (Å²) in [7, 11) is 0. The largest absolute Gasteiger partial charge is 0.0619 e. The molecule has 4 aromatic carbocycles. The van der Waals surface area contributed by atoms with E-state index < -0.39 is 0 Å². The average Bonchev–Trinajstić information content (AvgIpc) is 3.12. The Balaban J connectivity index is 1.76. The molecular formula is C28H26. The summed E-state index contributed by atoms with van der Waals surface area (Å²) in [6, 6.07) is 22.9. The molecular weight excluding hydrogens is 336 g/mol. The molecule has 4 aromatic rings. The van der Waals surface area contributed by atoms with E-state index in [0.717, 1.165) is 5.92 Å². The Hall–Kier alpha value is -2.60. The first-order chi connectivity index (χ1) is 13.8. The van der Waals surface area contributed by atoms with Crippen LogP contribution in [0.2, 0.25) is 0 Å². The van der Waals surface area contributed by atoms with Gasteiger partial charge in [-0.25, -0.2) is 0 Å². The molecule has 0 heteroatoms. The Morgan fingerprint density at radius 3 is 2.04 bits per heavy atom. The molecule has 138 valence electrons. The average molecular weight is 363 g/mol. The van der Waals surface area contributed by atoms with E-state index in [1.54, 1.807) is 22.3 Å². The summed E-state index contributed by atoms with van der Waals surface area (Å²) in [6.07, 6.45) is 7.74. The predicted octanol–water partition coefficient (Wildman–Crippen LogP) is 7.27. The van der Waals surface area contributed by atoms with E-state index in [9.17, 15) is 0 Å². The number of hydrogen-bond acceptors (Lipinski definition) is 0. The molecule has 2 aliphatic carbocycles. The van der Waals surface area contributed by atoms with Crippen LogP contribution in [0.5, 0.6) is 0 Å². The van der Waals surface area contributed by atoms with Crippen LogP contribution >= 0.6 is 0 Å². The van der Waals surface area contributed by atoms with E-state index in [1.165, 1.54) is 71.2 Å². The Bertz CT molecular complexity index is 1170. The Morgan fingerprint density at radius 1 is 0.679 bits per heavy atom. The molecule has 1 atom stereocenters. The van der Waals surface area contributed by atoms with Gasteiger partial charge in [-0.1, -0.05) is 61.5 Å². The van der Waals surface area contributed by atoms with Crippen LogP contribution in [0.25, 0.3) is 32.7 Å². The maximum atomic E-state index is 2.58. The molecule has 28 heavy (non-hydrogen) atoms. The van der Waals surface area contributed by atoms with Crippen LogP contribution in [-0.4, -0.2) is 0 Å². The third-order valence-corrected chi connectivity index (χ3v) is 7.02. The van der Waals surface area contributed by atoms with Crippen LogP contribution in [0.4, 0.5) is 0 Å². The quantitative estimate of drug-likeness (QED) is 0.312. The van der Waals surface area contributed by atoms with Crippen molar-refractivity contribution in [1.29, 1.82) is 0 Å². The zero-order chi connectivity index (χ0) is 18.7. The predicted molar refractivity (Wildman–Crippen MR) is 120 cm³/mol. The van der Waals surface area contributed by atoms with E-state index in [-0.39, 0.29) is 0 Å². The van der Waals surface area contributed by atoms with Gasteiger partial charge in [-0.05, 0) is 105 Å². The molecule has 0 radical (unpaired) electrons. The van der Waals surface area contributed by atoms with Crippen molar-refractivity contribution in [2.24, 2.45) is 5.92 Å². The normalized spacial score (nSPS) is 18.4. The lowest BCUT2D eigenvalue weighted by molar-refractivity contribution is 0.621. The highest BCUT2D eigenvalue weighted by Gasteiger charge is 2.27. The van der Waals surface area contributed by atoms with Crippen molar-refractivity contribution in [3.63, 3.8) is 0 Å². The van der Waals surface area contributed by atoms with Crippen LogP contribution in [-0.2, 0) is 25.7 Å². The second-order valence-electron chi connectivity index (χ2n) is 8.93. The Morgan fingerprint density at radius 2 is 1.32 bits per heavy atom. The summed E-state index contributed by atoms with van der Waals surface area (Å²) in [5.74, 6) is 0.792. The summed E-state index contributed by atoms with van der Waals surface area (Å²) in [6.45, 7) is 2.42. The van der Waals surface area contributed by atoms with Crippen LogP contribution in [0, 0.1) is 5.92 Å². The van der Waals surface area contributed by atoms with Crippen molar-refractivity contribution < 1.29 is 0 Å². The summed E-state index contributed by atoms with van der Waals surface area (Å²) in [5.41, 5.74) is 9.68. The van der Waals surface area contributed by atoms with Crippen LogP contribution < -0.4 is 0 Å². The Kier molecular flexibility index (Phi) is 3.63. The topological polar surface area (TPSA) is 0 Å². The highest BCUT2D eigenvalue weighted by atomic mass is 14.3. The van der Waals surface area contributed by atoms with Crippen molar-refractivity contribution >= 4 is 21.5 Å². The van der Waals surface area contributed by atoms with Gasteiger partial charge in [-0.2, -0.15) is 0 Å². The zero-order valence-corrected chi connectivity index (χ0v) is 16.6. The molecule has 0 heterocycles. The SMILES string of the molecule is CC1Cc2cc(-c3c4ccccc4cc4ccccc34)c3c(c2C1)CCCC3. The van der Waals surface area contributed by atoms with Gasteiger partial charge >= 0.3 is 0 Å². The third kappa shape index (κ3) is 2.37. The van der Waals surface area contributed by atoms with Crippen LogP contribution in [0.15, 0.2) is 60.7 Å². The van der Waals surface area contributed by atoms with Gasteiger partial charge in [-0.3, -0.25) is 0 Å². The lowest BCUT2D eigenvalue weighted by Gasteiger charge is -2.25. The number of hydrogen-bond donors (Lipinski definition) is 0. The fourth-order valence-electron chi connectivity index (χ4n) is 5.84. The van der Waals surface area contributed by atoms with Crippen LogP contribution in [0.1, 0.15) is 42.0 Å². The lowest BCUT2D eigenvalue weighted by Crippen LogP contribution is -2.09. The fraction of sp³-hybridized carbons (Fsp3) is 0.286. The Labute approximate surface area is 167 Å². The first-order valence-electron chi connectivity index (χ1n) is 10.9. The van der Waals surface area contributed by atoms with Crippen molar-refractivity contribution in [2.45, 2.75) is 45.4 Å². The van der Waals surface area contributed by atoms with E-state index in [4.69, 9.17) is 0 Å². The van der Waals surface area contributed by atoms with E-state index in [2.05, 4.69) is 67.6 Å². The fourth-order valence-corrected chi connectivity index (χ4v) is 5.84. The summed E-state index contributed by atoms with van der Waals surface area (Å²) in [5, 5.41) is 5.52. The first-order valence-corrected chi connectivity index (χ1v) is 10.9. The molecule has 0 aliphatic heterocycles. The molecule has 0 N–H and O–H groups in total. The lowest BCUT2D eigenvalue weighted by atomic mass is 9.79. The van der Waals surface area contributed by atoms with Gasteiger partial charge in [0, 0.05) is 0 Å². The van der Waals surface area contributed by atoms with Gasteiger partial charge < -0.3 is 0 Å². The molecule has 0 amide bonds. The monoisotopic (exact) mass is 362 g/mol. The second kappa shape index (κ2) is 6.21. The number of rotatable bonds is 1. The summed E-state index contributed by atoms with van der Waals surface area (Å²) in [4.78, 5) is 0. The maximum absolute atomic E-state index is 2.58. The highest BCUT2D eigenvalue weighted by molar-refractivity contribution is 6.13. The molecule has 0 bridgehead atoms. The third-order valence-electron chi connectivity index (χ3n) is 7.02. The van der Waals surface area contributed by atoms with E-state index >= 15 is 0 Å². The smallest absolute Gasteiger partial charge is 0.00238 e. The van der Waals surface area contributed by atoms with Gasteiger partial charge in [0.15, 0.2) is 0 Å². The molecule has 0 fully saturated rings. The van der Waals surface area contributed by atoms with Crippen molar-refractivity contribution in [3.8, 4) is 11.1 Å². The van der Waals surface area contributed by atoms with Crippen molar-refractivity contribution in [1.82, 2.24) is 0 Å². The van der Waals surface area contributed by atoms with Gasteiger partial charge in [0.1, 0.15) is 0 Å². The van der Waals surface area contributed by atoms with Gasteiger partial charge in [0.05, 0.1) is 0 Å². The van der Waals surface area contributed by atoms with Crippen molar-refractivity contribution in [3.05, 3.63) is 82.9 Å². The van der Waals surface area contributed by atoms with E-state index in [0.29, 0.717) is 0 Å². The maximum Gasteiger partial charge on any atom is -0.00238 e. The second-order valence-corrected chi connectivity index (χ2v) is 8.93. The number of benzene rings is 4. The molecule has 2 aliphatic rings. The molecule has 0 spiro atoms. The molecule has 6 rings (SSSR count). The molecule has 0 saturated heterocycles. The van der Waals surface area contributed by atoms with Crippen LogP contribution in [0.3, 0.4) is 0 Å². The van der Waals surface area contributed by atoms with Gasteiger partial charge in [0.25, 0.3) is 0 Å². The minimum absolute atomic E-state index is 0.792. The summed E-state index contributed by atoms with van der Waals surface area (Å²) < 4.78 is 0. The summed E-state index contributed by atoms with van der Waals surface area (Å²) >= 11 is 0. The standard InChI is InChI=1S/C28H26/c1-18-14-21-17-27(25-13-7-6-12-24(25)26(21)15-18)28-22-10-4-2-8-19(22)16-20-9-3-5-11-23(20)28/h2-5,8-11,16-18H,6-7,12-15H2,1H3. The van der Waals surface area contributed by atoms with E-state index in [1.807, 2.05) is 0 Å². The minimum atomic E-state index is 0.792. The molecule has 0 nitrogen and oxygen atoms in total. The molecule has 0 saturated carbocycles. The first kappa shape index (κ1) is 16.4. The van der Waals surface area contributed by atoms with Crippen molar-refractivity contribution in [2.75, 3.05) is 0 Å². The van der Waals surface area contributed by atoms with Gasteiger partial charge in [-0.15, -0.1) is 0 Å². The zero-order valence-electron chi connectivity index (χ0n) is 16.6. The highest BCUT2D eigenvalue weighted by Crippen LogP contribution is 2.44. The number of fused-ring (bicyclic) bond motifs is 5. The van der Waals surface area contributed by atoms with Gasteiger partial charge in [0.2, 0.25) is 0 Å². The minimum Gasteiger partial charge on any atom is -0.0619 e. The molecule has 0 aromatic heterocycles. The molecule has 1 unspecified atom stereocenters.